The van der Waals surface area contributed by atoms with Crippen LogP contribution in [0.15, 0.2) is 0 Å². The van der Waals surface area contributed by atoms with Crippen molar-refractivity contribution in [1.29, 1.82) is 0 Å². The third kappa shape index (κ3) is 3.90. The van der Waals surface area contributed by atoms with E-state index >= 15 is 0 Å². The molecule has 1 aliphatic heterocycles. The van der Waals surface area contributed by atoms with Gasteiger partial charge in [0.05, 0.1) is 12.8 Å². The van der Waals surface area contributed by atoms with E-state index in [2.05, 4.69) is 0 Å². The average molecular weight is 265 g/mol. The van der Waals surface area contributed by atoms with Crippen molar-refractivity contribution >= 4 is 10.0 Å². The normalized spacial score (nSPS) is 20.4. The van der Waals surface area contributed by atoms with Crippen molar-refractivity contribution in [2.24, 2.45) is 0 Å². The van der Waals surface area contributed by atoms with Gasteiger partial charge in [-0.05, 0) is 0 Å². The topological polar surface area (TPSA) is 83.8 Å². The van der Waals surface area contributed by atoms with E-state index in [1.807, 2.05) is 4.90 Å². The lowest BCUT2D eigenvalue weighted by molar-refractivity contribution is -0.561. The first-order chi connectivity index (χ1) is 7.63. The van der Waals surface area contributed by atoms with Gasteiger partial charge in [-0.15, -0.1) is 0 Å². The Labute approximate surface area is 102 Å². The first kappa shape index (κ1) is 14.3. The molecule has 1 heterocycles. The van der Waals surface area contributed by atoms with Crippen LogP contribution in [0.3, 0.4) is 0 Å². The minimum absolute atomic E-state index is 0.296. The van der Waals surface area contributed by atoms with Crippen LogP contribution in [0.5, 0.6) is 0 Å². The molecule has 0 amide bonds. The maximum absolute atomic E-state index is 11.3. The quantitative estimate of drug-likeness (QED) is 0.511. The highest BCUT2D eigenvalue weighted by Gasteiger charge is 2.35. The van der Waals surface area contributed by atoms with Crippen LogP contribution in [-0.2, 0) is 10.0 Å². The second kappa shape index (κ2) is 4.87. The van der Waals surface area contributed by atoms with Crippen LogP contribution in [0.1, 0.15) is 13.8 Å². The number of nitro groups is 1. The molecule has 0 bridgehead atoms. The van der Waals surface area contributed by atoms with Crippen molar-refractivity contribution in [3.8, 4) is 0 Å². The van der Waals surface area contributed by atoms with E-state index in [-0.39, 0.29) is 4.92 Å². The Morgan fingerprint density at radius 3 is 2.06 bits per heavy atom. The number of hydrogen-bond donors (Lipinski definition) is 0. The van der Waals surface area contributed by atoms with Crippen molar-refractivity contribution in [2.45, 2.75) is 19.4 Å². The molecule has 1 aliphatic rings. The van der Waals surface area contributed by atoms with E-state index in [1.165, 1.54) is 10.6 Å². The number of sulfonamides is 1. The van der Waals surface area contributed by atoms with Crippen molar-refractivity contribution < 1.29 is 13.3 Å². The van der Waals surface area contributed by atoms with Crippen molar-refractivity contribution in [3.63, 3.8) is 0 Å². The fraction of sp³-hybridized carbons (Fsp3) is 1.00. The van der Waals surface area contributed by atoms with Gasteiger partial charge in [-0.3, -0.25) is 15.0 Å². The Hall–Kier alpha value is -0.730. The Morgan fingerprint density at radius 2 is 1.71 bits per heavy atom. The molecule has 0 aromatic heterocycles. The van der Waals surface area contributed by atoms with Gasteiger partial charge in [0.25, 0.3) is 0 Å². The zero-order valence-electron chi connectivity index (χ0n) is 10.4. The van der Waals surface area contributed by atoms with Crippen LogP contribution in [0.2, 0.25) is 0 Å². The molecule has 0 spiro atoms. The van der Waals surface area contributed by atoms with Gasteiger partial charge in [-0.1, -0.05) is 0 Å². The lowest BCUT2D eigenvalue weighted by Gasteiger charge is -2.34. The maximum atomic E-state index is 11.3. The monoisotopic (exact) mass is 265 g/mol. The lowest BCUT2D eigenvalue weighted by atomic mass is 10.1. The lowest BCUT2D eigenvalue weighted by Crippen LogP contribution is -2.53. The van der Waals surface area contributed by atoms with Crippen LogP contribution in [0.25, 0.3) is 0 Å². The molecular formula is C9H19N3O4S. The van der Waals surface area contributed by atoms with E-state index in [0.29, 0.717) is 32.7 Å². The standard InChI is InChI=1S/C9H19N3O4S/c1-9(2,12(13)14)8-10-4-6-11(7-5-10)17(3,15)16/h4-8H2,1-3H3. The van der Waals surface area contributed by atoms with E-state index in [0.717, 1.165) is 0 Å². The van der Waals surface area contributed by atoms with Crippen molar-refractivity contribution in [3.05, 3.63) is 10.1 Å². The summed E-state index contributed by atoms with van der Waals surface area (Å²) in [7, 11) is -3.14. The van der Waals surface area contributed by atoms with Crippen LogP contribution >= 0.6 is 0 Å². The zero-order chi connectivity index (χ0) is 13.3. The molecule has 1 saturated heterocycles. The summed E-state index contributed by atoms with van der Waals surface area (Å²) in [6, 6.07) is 0. The van der Waals surface area contributed by atoms with Crippen molar-refractivity contribution in [2.75, 3.05) is 39.0 Å². The summed E-state index contributed by atoms with van der Waals surface area (Å²) in [6.07, 6.45) is 1.18. The molecule has 0 aromatic rings. The average Bonchev–Trinajstić information content (AvgIpc) is 2.16. The highest BCUT2D eigenvalue weighted by molar-refractivity contribution is 7.88. The largest absolute Gasteiger partial charge is 0.294 e. The highest BCUT2D eigenvalue weighted by atomic mass is 32.2. The zero-order valence-corrected chi connectivity index (χ0v) is 11.2. The molecule has 1 fully saturated rings. The summed E-state index contributed by atoms with van der Waals surface area (Å²) < 4.78 is 24.0. The fourth-order valence-electron chi connectivity index (χ4n) is 1.82. The molecular weight excluding hydrogens is 246 g/mol. The van der Waals surface area contributed by atoms with Gasteiger partial charge in [0.15, 0.2) is 0 Å². The molecule has 0 radical (unpaired) electrons. The fourth-order valence-corrected chi connectivity index (χ4v) is 2.65. The van der Waals surface area contributed by atoms with Crippen molar-refractivity contribution in [1.82, 2.24) is 9.21 Å². The van der Waals surface area contributed by atoms with Gasteiger partial charge in [0.2, 0.25) is 15.6 Å². The number of piperazine rings is 1. The highest BCUT2D eigenvalue weighted by Crippen LogP contribution is 2.13. The van der Waals surface area contributed by atoms with Gasteiger partial charge in [0, 0.05) is 44.9 Å². The molecule has 7 nitrogen and oxygen atoms in total. The van der Waals surface area contributed by atoms with Gasteiger partial charge in [-0.25, -0.2) is 8.42 Å². The first-order valence-corrected chi connectivity index (χ1v) is 7.30. The SMILES string of the molecule is CC(C)(CN1CCN(S(C)(=O)=O)CC1)[N+](=O)[O-]. The second-order valence-corrected chi connectivity index (χ2v) is 6.99. The maximum Gasteiger partial charge on any atom is 0.229 e. The Balaban J connectivity index is 2.51. The predicted molar refractivity (Wildman–Crippen MR) is 63.9 cm³/mol. The minimum Gasteiger partial charge on any atom is -0.294 e. The summed E-state index contributed by atoms with van der Waals surface area (Å²) in [5.41, 5.74) is -0.993. The first-order valence-electron chi connectivity index (χ1n) is 5.45. The Morgan fingerprint density at radius 1 is 1.24 bits per heavy atom. The number of nitrogens with zero attached hydrogens (tertiary/aromatic N) is 3. The van der Waals surface area contributed by atoms with E-state index in [1.54, 1.807) is 13.8 Å². The van der Waals surface area contributed by atoms with Gasteiger partial charge in [-0.2, -0.15) is 4.31 Å². The summed E-state index contributed by atoms with van der Waals surface area (Å²) in [4.78, 5) is 12.4. The molecule has 8 heteroatoms. The third-order valence-electron chi connectivity index (χ3n) is 2.91. The Bertz CT molecular complexity index is 385. The van der Waals surface area contributed by atoms with Crippen LogP contribution < -0.4 is 0 Å². The molecule has 0 N–H and O–H groups in total. The number of hydrogen-bond acceptors (Lipinski definition) is 5. The molecule has 0 unspecified atom stereocenters. The summed E-state index contributed by atoms with van der Waals surface area (Å²) >= 11 is 0. The third-order valence-corrected chi connectivity index (χ3v) is 4.21. The van der Waals surface area contributed by atoms with Gasteiger partial charge in [0.1, 0.15) is 0 Å². The second-order valence-electron chi connectivity index (χ2n) is 5.01. The van der Waals surface area contributed by atoms with Crippen LogP contribution in [0, 0.1) is 10.1 Å². The summed E-state index contributed by atoms with van der Waals surface area (Å²) in [5.74, 6) is 0. The summed E-state index contributed by atoms with van der Waals surface area (Å²) in [5, 5.41) is 10.8. The molecule has 0 aromatic carbocycles. The number of rotatable bonds is 4. The molecule has 1 rings (SSSR count). The van der Waals surface area contributed by atoms with Gasteiger partial charge < -0.3 is 0 Å². The minimum atomic E-state index is -3.14. The summed E-state index contributed by atoms with van der Waals surface area (Å²) in [6.45, 7) is 5.41. The molecule has 17 heavy (non-hydrogen) atoms. The van der Waals surface area contributed by atoms with Crippen LogP contribution in [0.4, 0.5) is 0 Å². The van der Waals surface area contributed by atoms with E-state index in [9.17, 15) is 18.5 Å². The Kier molecular flexibility index (Phi) is 4.11. The van der Waals surface area contributed by atoms with Gasteiger partial charge >= 0.3 is 0 Å². The molecule has 0 atom stereocenters. The van der Waals surface area contributed by atoms with E-state index < -0.39 is 15.6 Å². The molecule has 0 saturated carbocycles. The predicted octanol–water partition coefficient (Wildman–Crippen LogP) is -0.381. The van der Waals surface area contributed by atoms with E-state index in [4.69, 9.17) is 0 Å². The molecule has 0 aliphatic carbocycles. The smallest absolute Gasteiger partial charge is 0.229 e. The molecule has 100 valence electrons. The van der Waals surface area contributed by atoms with Crippen LogP contribution in [-0.4, -0.2) is 67.1 Å².